The van der Waals surface area contributed by atoms with Crippen LogP contribution in [0.3, 0.4) is 0 Å². The Balaban J connectivity index is 5.49. The molecule has 0 heterocycles. The van der Waals surface area contributed by atoms with Crippen molar-refractivity contribution in [1.82, 2.24) is 16.0 Å². The van der Waals surface area contributed by atoms with Crippen LogP contribution in [0.25, 0.3) is 0 Å². The maximum Gasteiger partial charge on any atom is 0.326 e. The van der Waals surface area contributed by atoms with Gasteiger partial charge < -0.3 is 60.6 Å². The molecule has 0 bridgehead atoms. The number of aliphatic carboxylic acids is 1. The van der Waals surface area contributed by atoms with Crippen LogP contribution in [0, 0.1) is 0 Å². The zero-order valence-corrected chi connectivity index (χ0v) is 21.1. The van der Waals surface area contributed by atoms with E-state index in [4.69, 9.17) is 34.4 Å². The number of carbonyl (C=O) groups excluding carboxylic acids is 4. The summed E-state index contributed by atoms with van der Waals surface area (Å²) < 4.78 is 0. The molecular formula is C20H39N11O7. The van der Waals surface area contributed by atoms with Gasteiger partial charge in [0.1, 0.15) is 18.1 Å². The number of aliphatic hydroxyl groups excluding tert-OH is 1. The summed E-state index contributed by atoms with van der Waals surface area (Å²) >= 11 is 0. The first-order chi connectivity index (χ1) is 17.6. The van der Waals surface area contributed by atoms with Crippen LogP contribution in [0.15, 0.2) is 9.98 Å². The van der Waals surface area contributed by atoms with Crippen LogP contribution in [-0.4, -0.2) is 95.1 Å². The van der Waals surface area contributed by atoms with Crippen LogP contribution in [0.5, 0.6) is 0 Å². The standard InChI is InChI=1S/C20H39N11O7/c1-9(32)14(31-15(34)10(21)4-2-6-27-19(23)24)17(36)29-11(5-3-7-28-20(25)26)16(35)30-12(18(37)38)8-13(22)33/h9-12,14,32H,2-8,21H2,1H3,(H2,22,33)(H,29,36)(H,30,35)(H,31,34)(H,37,38)(H4,23,24,27)(H4,25,26,28). The van der Waals surface area contributed by atoms with E-state index in [1.807, 2.05) is 0 Å². The van der Waals surface area contributed by atoms with Gasteiger partial charge in [0, 0.05) is 13.1 Å². The SMILES string of the molecule is CC(O)C(NC(=O)C(N)CCCN=C(N)N)C(=O)NC(CCCN=C(N)N)C(=O)NC(CC(N)=O)C(=O)O. The molecule has 0 saturated heterocycles. The molecule has 0 aromatic heterocycles. The molecule has 0 aromatic rings. The van der Waals surface area contributed by atoms with E-state index >= 15 is 0 Å². The van der Waals surface area contributed by atoms with E-state index < -0.39 is 66.3 Å². The zero-order valence-electron chi connectivity index (χ0n) is 21.1. The number of guanidine groups is 2. The fourth-order valence-corrected chi connectivity index (χ4v) is 3.02. The van der Waals surface area contributed by atoms with E-state index in [1.54, 1.807) is 0 Å². The van der Waals surface area contributed by atoms with E-state index in [2.05, 4.69) is 25.9 Å². The summed E-state index contributed by atoms with van der Waals surface area (Å²) in [6.07, 6.45) is -1.45. The molecule has 5 unspecified atom stereocenters. The van der Waals surface area contributed by atoms with E-state index in [1.165, 1.54) is 6.92 Å². The van der Waals surface area contributed by atoms with Crippen molar-refractivity contribution in [3.05, 3.63) is 0 Å². The van der Waals surface area contributed by atoms with Crippen molar-refractivity contribution in [2.24, 2.45) is 44.4 Å². The van der Waals surface area contributed by atoms with Crippen molar-refractivity contribution in [3.8, 4) is 0 Å². The lowest BCUT2D eigenvalue weighted by atomic mass is 10.1. The molecule has 0 fully saturated rings. The molecule has 0 radical (unpaired) electrons. The lowest BCUT2D eigenvalue weighted by Gasteiger charge is -2.26. The molecule has 0 aromatic carbocycles. The van der Waals surface area contributed by atoms with Gasteiger partial charge in [0.05, 0.1) is 18.6 Å². The lowest BCUT2D eigenvalue weighted by Crippen LogP contribution is -2.59. The number of aliphatic imine (C=N–C) groups is 2. The third-order valence-corrected chi connectivity index (χ3v) is 4.97. The predicted molar refractivity (Wildman–Crippen MR) is 137 cm³/mol. The number of carbonyl (C=O) groups is 5. The van der Waals surface area contributed by atoms with Gasteiger partial charge in [0.15, 0.2) is 11.9 Å². The molecule has 17 N–H and O–H groups in total. The maximum absolute atomic E-state index is 12.9. The Morgan fingerprint density at radius 2 is 1.26 bits per heavy atom. The molecule has 4 amide bonds. The number of hydrogen-bond acceptors (Lipinski definition) is 9. The Hall–Kier alpha value is -4.19. The second-order valence-corrected chi connectivity index (χ2v) is 8.36. The molecular weight excluding hydrogens is 506 g/mol. The number of aliphatic hydroxyl groups is 1. The Labute approximate surface area is 219 Å². The summed E-state index contributed by atoms with van der Waals surface area (Å²) in [5, 5.41) is 26.2. The van der Waals surface area contributed by atoms with Crippen molar-refractivity contribution < 1.29 is 34.2 Å². The molecule has 18 nitrogen and oxygen atoms in total. The maximum atomic E-state index is 12.9. The van der Waals surface area contributed by atoms with E-state index in [0.29, 0.717) is 6.42 Å². The van der Waals surface area contributed by atoms with Gasteiger partial charge in [0.2, 0.25) is 23.6 Å². The Morgan fingerprint density at radius 1 is 0.763 bits per heavy atom. The zero-order chi connectivity index (χ0) is 29.4. The third kappa shape index (κ3) is 14.4. The molecule has 5 atom stereocenters. The fraction of sp³-hybridized carbons (Fsp3) is 0.650. The first-order valence-corrected chi connectivity index (χ1v) is 11.6. The fourth-order valence-electron chi connectivity index (χ4n) is 3.02. The molecule has 0 aliphatic heterocycles. The summed E-state index contributed by atoms with van der Waals surface area (Å²) in [5.41, 5.74) is 31.8. The Morgan fingerprint density at radius 3 is 1.71 bits per heavy atom. The van der Waals surface area contributed by atoms with Gasteiger partial charge in [-0.2, -0.15) is 0 Å². The number of nitrogens with one attached hydrogen (secondary N) is 3. The molecule has 0 saturated carbocycles. The topological polar surface area (TPSA) is 343 Å². The summed E-state index contributed by atoms with van der Waals surface area (Å²) in [6.45, 7) is 1.54. The van der Waals surface area contributed by atoms with Gasteiger partial charge in [0.25, 0.3) is 0 Å². The van der Waals surface area contributed by atoms with E-state index in [0.717, 1.165) is 0 Å². The molecule has 0 aliphatic carbocycles. The number of amides is 4. The molecule has 0 aliphatic rings. The van der Waals surface area contributed by atoms with Gasteiger partial charge >= 0.3 is 5.97 Å². The summed E-state index contributed by atoms with van der Waals surface area (Å²) in [4.78, 5) is 68.3. The van der Waals surface area contributed by atoms with Crippen LogP contribution in [0.4, 0.5) is 0 Å². The summed E-state index contributed by atoms with van der Waals surface area (Å²) in [5.74, 6) is -5.47. The number of primary amides is 1. The number of carboxylic acid groups (broad SMARTS) is 1. The normalized spacial score (nSPS) is 14.5. The second-order valence-electron chi connectivity index (χ2n) is 8.36. The van der Waals surface area contributed by atoms with Crippen LogP contribution in [-0.2, 0) is 24.0 Å². The third-order valence-electron chi connectivity index (χ3n) is 4.97. The Kier molecular flexibility index (Phi) is 15.4. The number of rotatable bonds is 18. The number of hydrogen-bond donors (Lipinski definition) is 11. The summed E-state index contributed by atoms with van der Waals surface area (Å²) in [7, 11) is 0. The average molecular weight is 546 g/mol. The minimum Gasteiger partial charge on any atom is -0.480 e. The summed E-state index contributed by atoms with van der Waals surface area (Å²) in [6, 6.07) is -5.57. The molecule has 38 heavy (non-hydrogen) atoms. The number of nitrogens with two attached hydrogens (primary N) is 6. The van der Waals surface area contributed by atoms with Crippen molar-refractivity contribution in [1.29, 1.82) is 0 Å². The minimum atomic E-state index is -1.65. The van der Waals surface area contributed by atoms with Gasteiger partial charge in [-0.1, -0.05) is 0 Å². The van der Waals surface area contributed by atoms with Gasteiger partial charge in [-0.3, -0.25) is 29.2 Å². The molecule has 0 spiro atoms. The molecule has 18 heteroatoms. The monoisotopic (exact) mass is 545 g/mol. The minimum absolute atomic E-state index is 0.0674. The van der Waals surface area contributed by atoms with Gasteiger partial charge in [-0.15, -0.1) is 0 Å². The highest BCUT2D eigenvalue weighted by Gasteiger charge is 2.32. The van der Waals surface area contributed by atoms with Crippen LogP contribution in [0.1, 0.15) is 39.0 Å². The largest absolute Gasteiger partial charge is 0.480 e. The molecule has 0 rings (SSSR count). The number of nitrogens with zero attached hydrogens (tertiary/aromatic N) is 2. The first-order valence-electron chi connectivity index (χ1n) is 11.6. The Bertz CT molecular complexity index is 887. The highest BCUT2D eigenvalue weighted by atomic mass is 16.4. The van der Waals surface area contributed by atoms with Crippen molar-refractivity contribution in [2.75, 3.05) is 13.1 Å². The van der Waals surface area contributed by atoms with Crippen LogP contribution < -0.4 is 50.4 Å². The first kappa shape index (κ1) is 33.8. The van der Waals surface area contributed by atoms with Crippen molar-refractivity contribution in [3.63, 3.8) is 0 Å². The van der Waals surface area contributed by atoms with Gasteiger partial charge in [-0.05, 0) is 32.6 Å². The van der Waals surface area contributed by atoms with Crippen LogP contribution >= 0.6 is 0 Å². The van der Waals surface area contributed by atoms with Crippen molar-refractivity contribution >= 4 is 41.5 Å². The smallest absolute Gasteiger partial charge is 0.326 e. The van der Waals surface area contributed by atoms with Crippen molar-refractivity contribution in [2.45, 2.75) is 69.3 Å². The average Bonchev–Trinajstić information content (AvgIpc) is 2.80. The second kappa shape index (κ2) is 17.3. The highest BCUT2D eigenvalue weighted by Crippen LogP contribution is 2.05. The highest BCUT2D eigenvalue weighted by molar-refractivity contribution is 5.95. The van der Waals surface area contributed by atoms with Crippen LogP contribution in [0.2, 0.25) is 0 Å². The van der Waals surface area contributed by atoms with Gasteiger partial charge in [-0.25, -0.2) is 4.79 Å². The quantitative estimate of drug-likeness (QED) is 0.0435. The number of carboxylic acids is 1. The predicted octanol–water partition coefficient (Wildman–Crippen LogP) is -5.78. The van der Waals surface area contributed by atoms with E-state index in [9.17, 15) is 34.2 Å². The molecule has 216 valence electrons. The lowest BCUT2D eigenvalue weighted by molar-refractivity contribution is -0.144. The van der Waals surface area contributed by atoms with E-state index in [-0.39, 0.29) is 44.3 Å².